The summed E-state index contributed by atoms with van der Waals surface area (Å²) in [6.45, 7) is 6.73. The number of ether oxygens (including phenoxy) is 1. The fraction of sp³-hybridized carbons (Fsp3) is 0.621. The van der Waals surface area contributed by atoms with Crippen LogP contribution in [0, 0.1) is 35.5 Å². The number of carboxylic acids is 1. The van der Waals surface area contributed by atoms with E-state index in [0.717, 1.165) is 6.29 Å². The van der Waals surface area contributed by atoms with Gasteiger partial charge in [-0.15, -0.1) is 0 Å². The number of benzene rings is 1. The van der Waals surface area contributed by atoms with E-state index in [4.69, 9.17) is 21.2 Å². The zero-order valence-electron chi connectivity index (χ0n) is 23.2. The van der Waals surface area contributed by atoms with Crippen LogP contribution in [-0.2, 0) is 29.6 Å². The van der Waals surface area contributed by atoms with Crippen LogP contribution in [0.5, 0.6) is 0 Å². The van der Waals surface area contributed by atoms with Crippen LogP contribution in [0.2, 0.25) is 5.02 Å². The van der Waals surface area contributed by atoms with Crippen LogP contribution < -0.4 is 10.4 Å². The molecule has 2 aliphatic heterocycles. The second-order valence-corrected chi connectivity index (χ2v) is 12.4. The Morgan fingerprint density at radius 2 is 1.98 bits per heavy atom. The number of carbonyl (C=O) groups is 3. The number of hydroxylamine groups is 1. The van der Waals surface area contributed by atoms with Gasteiger partial charge in [0.2, 0.25) is 0 Å². The lowest BCUT2D eigenvalue weighted by molar-refractivity contribution is -0.227. The van der Waals surface area contributed by atoms with Crippen molar-refractivity contribution in [1.82, 2.24) is 5.32 Å². The number of para-hydroxylation sites is 1. The minimum atomic E-state index is -1.99. The zero-order valence-corrected chi connectivity index (χ0v) is 24.0. The van der Waals surface area contributed by atoms with Gasteiger partial charge in [-0.1, -0.05) is 43.7 Å². The Kier molecular flexibility index (Phi) is 7.32. The maximum Gasteiger partial charge on any atom is 0.321 e. The summed E-state index contributed by atoms with van der Waals surface area (Å²) in [5, 5.41) is 40.7. The Morgan fingerprint density at radius 1 is 1.27 bits per heavy atom. The van der Waals surface area contributed by atoms with E-state index in [0.29, 0.717) is 34.7 Å². The van der Waals surface area contributed by atoms with E-state index < -0.39 is 59.3 Å². The Bertz CT molecular complexity index is 1260. The number of aliphatic hydroxyl groups is 2. The number of aldehydes is 1. The number of anilines is 1. The second kappa shape index (κ2) is 10.1. The molecule has 0 radical (unpaired) electrons. The number of halogens is 1. The van der Waals surface area contributed by atoms with Crippen LogP contribution in [-0.4, -0.2) is 64.6 Å². The molecule has 1 saturated carbocycles. The summed E-state index contributed by atoms with van der Waals surface area (Å²) >= 11 is 6.54. The molecular weight excluding hydrogens is 540 g/mol. The molecule has 4 aliphatic rings. The molecule has 218 valence electrons. The van der Waals surface area contributed by atoms with Gasteiger partial charge in [0, 0.05) is 43.2 Å². The summed E-state index contributed by atoms with van der Waals surface area (Å²) in [7, 11) is 1.61. The first-order chi connectivity index (χ1) is 18.8. The first-order valence-corrected chi connectivity index (χ1v) is 14.1. The monoisotopic (exact) mass is 576 g/mol. The highest BCUT2D eigenvalue weighted by atomic mass is 35.5. The molecule has 0 bridgehead atoms. The van der Waals surface area contributed by atoms with Gasteiger partial charge in [0.25, 0.3) is 0 Å². The molecule has 1 aromatic rings. The number of rotatable bonds is 5. The van der Waals surface area contributed by atoms with Crippen molar-refractivity contribution in [3.05, 3.63) is 40.4 Å². The molecule has 1 aromatic carbocycles. The highest BCUT2D eigenvalue weighted by molar-refractivity contribution is 6.33. The van der Waals surface area contributed by atoms with Gasteiger partial charge >= 0.3 is 11.9 Å². The van der Waals surface area contributed by atoms with Gasteiger partial charge in [0.05, 0.1) is 16.3 Å². The number of fused-ring (bicyclic) bond motifs is 4. The minimum Gasteiger partial charge on any atom is -0.480 e. The summed E-state index contributed by atoms with van der Waals surface area (Å²) in [5.41, 5.74) is -2.27. The van der Waals surface area contributed by atoms with Gasteiger partial charge in [-0.3, -0.25) is 24.8 Å². The van der Waals surface area contributed by atoms with Crippen molar-refractivity contribution in [2.45, 2.75) is 70.1 Å². The maximum absolute atomic E-state index is 12.9. The van der Waals surface area contributed by atoms with E-state index in [9.17, 15) is 29.7 Å². The molecule has 4 N–H and O–H groups in total. The van der Waals surface area contributed by atoms with Crippen LogP contribution in [0.25, 0.3) is 0 Å². The third-order valence-electron chi connectivity index (χ3n) is 9.90. The number of hydrogen-bond donors (Lipinski definition) is 4. The van der Waals surface area contributed by atoms with Gasteiger partial charge in [-0.25, -0.2) is 0 Å². The van der Waals surface area contributed by atoms with Crippen molar-refractivity contribution in [1.29, 1.82) is 0 Å². The Morgan fingerprint density at radius 3 is 2.60 bits per heavy atom. The van der Waals surface area contributed by atoms with E-state index in [1.165, 1.54) is 12.0 Å². The van der Waals surface area contributed by atoms with Crippen LogP contribution in [0.4, 0.5) is 5.69 Å². The van der Waals surface area contributed by atoms with Crippen LogP contribution in [0.3, 0.4) is 0 Å². The fourth-order valence-corrected chi connectivity index (χ4v) is 8.37. The van der Waals surface area contributed by atoms with E-state index in [2.05, 4.69) is 5.32 Å². The van der Waals surface area contributed by atoms with Crippen molar-refractivity contribution < 1.29 is 39.3 Å². The number of hydrogen-bond acceptors (Lipinski definition) is 9. The number of esters is 1. The highest BCUT2D eigenvalue weighted by Gasteiger charge is 2.71. The van der Waals surface area contributed by atoms with Crippen molar-refractivity contribution in [2.24, 2.45) is 35.5 Å². The summed E-state index contributed by atoms with van der Waals surface area (Å²) in [6.07, 6.45) is 1.76. The number of nitrogens with zero attached hydrogens (tertiary/aromatic N) is 1. The van der Waals surface area contributed by atoms with Gasteiger partial charge in [0.15, 0.2) is 6.23 Å². The van der Waals surface area contributed by atoms with Crippen LogP contribution >= 0.6 is 11.6 Å². The minimum absolute atomic E-state index is 0.229. The molecule has 2 unspecified atom stereocenters. The van der Waals surface area contributed by atoms with Gasteiger partial charge in [-0.2, -0.15) is 0 Å². The molecule has 1 saturated heterocycles. The largest absolute Gasteiger partial charge is 0.480 e. The Balaban J connectivity index is 1.79. The molecule has 40 heavy (non-hydrogen) atoms. The predicted octanol–water partition coefficient (Wildman–Crippen LogP) is 2.64. The standard InChI is InChI=1S/C29H37ClN2O8/c1-13-11-19-17(14(2)12-33)10-9-15(3)28(19,37)22(25(13)39-16(4)34)21-23(26(35)36)31-27-29(21,38)18-7-6-8-20(30)24(18)32(5)40-27/h6-8,11-12,14-15,17,19,21-23,25,27,31,37-38H,9-10H2,1-5H3,(H,35,36)/t14?,15-,17+,19-,21+,22?,23+,25+,27-,28-,29+/m1/s1. The van der Waals surface area contributed by atoms with Crippen LogP contribution in [0.15, 0.2) is 29.8 Å². The molecule has 0 amide bonds. The molecule has 0 spiro atoms. The summed E-state index contributed by atoms with van der Waals surface area (Å²) in [5.74, 6) is -5.68. The quantitative estimate of drug-likeness (QED) is 0.234. The number of carbonyl (C=O) groups excluding carboxylic acids is 2. The smallest absolute Gasteiger partial charge is 0.321 e. The molecule has 2 aliphatic carbocycles. The van der Waals surface area contributed by atoms with E-state index in [1.807, 2.05) is 19.9 Å². The topological polar surface area (TPSA) is 146 Å². The SMILES string of the molecule is CC(=O)O[C@H]1C(C)=C[C@@H]2[C@H](C(C)C=O)CC[C@@H](C)[C@]2(O)C1[C@H]1[C@@H](C(=O)O)N[C@@H]2ON(C)c3c(Cl)cccc3[C@@]21O. The van der Waals surface area contributed by atoms with Gasteiger partial charge in [-0.05, 0) is 43.2 Å². The first-order valence-electron chi connectivity index (χ1n) is 13.7. The number of carboxylic acid groups (broad SMARTS) is 1. The average Bonchev–Trinajstić information content (AvgIpc) is 3.18. The van der Waals surface area contributed by atoms with Crippen LogP contribution in [0.1, 0.15) is 46.1 Å². The van der Waals surface area contributed by atoms with Crippen molar-refractivity contribution in [3.8, 4) is 0 Å². The van der Waals surface area contributed by atoms with E-state index >= 15 is 0 Å². The lowest BCUT2D eigenvalue weighted by Gasteiger charge is -2.59. The van der Waals surface area contributed by atoms with Crippen molar-refractivity contribution in [3.63, 3.8) is 0 Å². The Hall–Kier alpha value is -2.50. The third-order valence-corrected chi connectivity index (χ3v) is 10.2. The van der Waals surface area contributed by atoms with Gasteiger partial charge < -0.3 is 24.9 Å². The summed E-state index contributed by atoms with van der Waals surface area (Å²) in [6, 6.07) is 3.59. The summed E-state index contributed by atoms with van der Waals surface area (Å²) in [4.78, 5) is 43.2. The molecule has 10 nitrogen and oxygen atoms in total. The number of aliphatic carboxylic acids is 1. The predicted molar refractivity (Wildman–Crippen MR) is 145 cm³/mol. The third kappa shape index (κ3) is 4.02. The number of nitrogens with one attached hydrogen (secondary N) is 1. The van der Waals surface area contributed by atoms with Crippen molar-refractivity contribution in [2.75, 3.05) is 12.1 Å². The molecule has 5 rings (SSSR count). The fourth-order valence-electron chi connectivity index (χ4n) is 8.08. The lowest BCUT2D eigenvalue weighted by atomic mass is 9.49. The second-order valence-electron chi connectivity index (χ2n) is 12.0. The maximum atomic E-state index is 12.9. The molecule has 2 fully saturated rings. The molecular formula is C29H37ClN2O8. The average molecular weight is 577 g/mol. The van der Waals surface area contributed by atoms with E-state index in [1.54, 1.807) is 32.2 Å². The van der Waals surface area contributed by atoms with Gasteiger partial charge in [0.1, 0.15) is 24.0 Å². The normalized spacial score (nSPS) is 41.2. The highest BCUT2D eigenvalue weighted by Crippen LogP contribution is 2.61. The molecule has 11 heteroatoms. The van der Waals surface area contributed by atoms with E-state index in [-0.39, 0.29) is 17.8 Å². The molecule has 11 atom stereocenters. The van der Waals surface area contributed by atoms with Crippen molar-refractivity contribution >= 4 is 35.5 Å². The molecule has 2 heterocycles. The first kappa shape index (κ1) is 29.0. The zero-order chi connectivity index (χ0) is 29.3. The Labute approximate surface area is 238 Å². The summed E-state index contributed by atoms with van der Waals surface area (Å²) < 4.78 is 5.85. The lowest BCUT2D eigenvalue weighted by Crippen LogP contribution is -2.67. The molecule has 0 aromatic heterocycles.